The van der Waals surface area contributed by atoms with Crippen LogP contribution in [0.1, 0.15) is 45.6 Å². The first-order chi connectivity index (χ1) is 16.3. The Morgan fingerprint density at radius 2 is 1.65 bits per heavy atom. The number of benzene rings is 2. The van der Waals surface area contributed by atoms with E-state index < -0.39 is 10.0 Å². The van der Waals surface area contributed by atoms with Gasteiger partial charge in [0.15, 0.2) is 0 Å². The number of hydrogen-bond donors (Lipinski definition) is 1. The molecular formula is C26H38N4O3S. The maximum atomic E-state index is 13.2. The lowest BCUT2D eigenvalue weighted by molar-refractivity contribution is -0.116. The second kappa shape index (κ2) is 11.8. The van der Waals surface area contributed by atoms with Gasteiger partial charge in [-0.1, -0.05) is 58.0 Å². The number of likely N-dealkylation sites (N-methyl/N-ethyl adjacent to an activating group) is 1. The summed E-state index contributed by atoms with van der Waals surface area (Å²) in [4.78, 5) is 17.9. The molecule has 1 atom stereocenters. The fourth-order valence-corrected chi connectivity index (χ4v) is 5.93. The van der Waals surface area contributed by atoms with Crippen LogP contribution < -0.4 is 10.2 Å². The second-order valence-corrected chi connectivity index (χ2v) is 10.7. The van der Waals surface area contributed by atoms with Gasteiger partial charge < -0.3 is 15.1 Å². The number of nitrogens with one attached hydrogen (secondary N) is 1. The Morgan fingerprint density at radius 1 is 1.00 bits per heavy atom. The van der Waals surface area contributed by atoms with Gasteiger partial charge in [0, 0.05) is 45.7 Å². The van der Waals surface area contributed by atoms with Gasteiger partial charge in [-0.3, -0.25) is 4.79 Å². The maximum absolute atomic E-state index is 13.2. The standard InChI is InChI=1S/C26H38N4O3S/c1-5-28-15-17-29(18-16-28)25-14-13-23(34(32,33)30(6-2)7-3)20-24(25)27-26(31)19-21(4)22-11-9-8-10-12-22/h8-14,20-21H,5-7,15-19H2,1-4H3,(H,27,31)/t21-/m0/s1. The molecule has 3 rings (SSSR count). The minimum atomic E-state index is -3.63. The molecule has 0 aliphatic carbocycles. The molecule has 0 saturated carbocycles. The molecule has 34 heavy (non-hydrogen) atoms. The molecule has 1 aliphatic heterocycles. The Balaban J connectivity index is 1.88. The molecule has 0 unspecified atom stereocenters. The third kappa shape index (κ3) is 6.17. The van der Waals surface area contributed by atoms with Crippen LogP contribution in [0.15, 0.2) is 53.4 Å². The second-order valence-electron chi connectivity index (χ2n) is 8.75. The van der Waals surface area contributed by atoms with Gasteiger partial charge in [0.2, 0.25) is 15.9 Å². The summed E-state index contributed by atoms with van der Waals surface area (Å²) < 4.78 is 27.8. The Labute approximate surface area is 204 Å². The van der Waals surface area contributed by atoms with Gasteiger partial charge in [0.1, 0.15) is 0 Å². The van der Waals surface area contributed by atoms with E-state index in [1.807, 2.05) is 57.2 Å². The number of rotatable bonds is 10. The van der Waals surface area contributed by atoms with E-state index in [4.69, 9.17) is 0 Å². The summed E-state index contributed by atoms with van der Waals surface area (Å²) in [5, 5.41) is 3.04. The first-order valence-corrected chi connectivity index (χ1v) is 13.7. The van der Waals surface area contributed by atoms with E-state index in [-0.39, 0.29) is 16.7 Å². The van der Waals surface area contributed by atoms with E-state index >= 15 is 0 Å². The number of hydrogen-bond acceptors (Lipinski definition) is 5. The van der Waals surface area contributed by atoms with Crippen LogP contribution in [0.25, 0.3) is 0 Å². The van der Waals surface area contributed by atoms with Crippen molar-refractivity contribution in [1.82, 2.24) is 9.21 Å². The van der Waals surface area contributed by atoms with Crippen molar-refractivity contribution in [2.75, 3.05) is 56.0 Å². The fourth-order valence-electron chi connectivity index (χ4n) is 4.45. The molecule has 1 amide bonds. The highest BCUT2D eigenvalue weighted by atomic mass is 32.2. The quantitative estimate of drug-likeness (QED) is 0.550. The van der Waals surface area contributed by atoms with E-state index in [1.54, 1.807) is 12.1 Å². The van der Waals surface area contributed by atoms with Crippen LogP contribution in [-0.2, 0) is 14.8 Å². The minimum absolute atomic E-state index is 0.0559. The summed E-state index contributed by atoms with van der Waals surface area (Å²) in [6.07, 6.45) is 0.320. The molecule has 186 valence electrons. The van der Waals surface area contributed by atoms with Crippen molar-refractivity contribution in [1.29, 1.82) is 0 Å². The van der Waals surface area contributed by atoms with Gasteiger partial charge >= 0.3 is 0 Å². The maximum Gasteiger partial charge on any atom is 0.243 e. The molecule has 0 radical (unpaired) electrons. The van der Waals surface area contributed by atoms with Crippen molar-refractivity contribution < 1.29 is 13.2 Å². The Kier molecular flexibility index (Phi) is 9.10. The van der Waals surface area contributed by atoms with Crippen LogP contribution in [0.4, 0.5) is 11.4 Å². The number of anilines is 2. The molecule has 8 heteroatoms. The van der Waals surface area contributed by atoms with Crippen LogP contribution >= 0.6 is 0 Å². The molecule has 2 aromatic rings. The topological polar surface area (TPSA) is 73.0 Å². The number of nitrogens with zero attached hydrogens (tertiary/aromatic N) is 3. The average Bonchev–Trinajstić information content (AvgIpc) is 2.85. The SMILES string of the molecule is CCN1CCN(c2ccc(S(=O)(=O)N(CC)CC)cc2NC(=O)C[C@H](C)c2ccccc2)CC1. The lowest BCUT2D eigenvalue weighted by Crippen LogP contribution is -2.46. The summed E-state index contributed by atoms with van der Waals surface area (Å²) >= 11 is 0. The molecule has 1 N–H and O–H groups in total. The Bertz CT molecular complexity index is 1050. The van der Waals surface area contributed by atoms with Crippen molar-refractivity contribution in [3.63, 3.8) is 0 Å². The summed E-state index contributed by atoms with van der Waals surface area (Å²) in [5.74, 6) is -0.0671. The van der Waals surface area contributed by atoms with Gasteiger partial charge in [-0.2, -0.15) is 4.31 Å². The van der Waals surface area contributed by atoms with E-state index in [9.17, 15) is 13.2 Å². The molecule has 2 aromatic carbocycles. The van der Waals surface area contributed by atoms with Crippen molar-refractivity contribution in [2.24, 2.45) is 0 Å². The van der Waals surface area contributed by atoms with Crippen LogP contribution in [0.3, 0.4) is 0 Å². The molecular weight excluding hydrogens is 448 g/mol. The molecule has 1 heterocycles. The molecule has 1 aliphatic rings. The fraction of sp³-hybridized carbons (Fsp3) is 0.500. The molecule has 7 nitrogen and oxygen atoms in total. The summed E-state index contributed by atoms with van der Waals surface area (Å²) in [5.41, 5.74) is 2.53. The first kappa shape index (κ1) is 26.2. The lowest BCUT2D eigenvalue weighted by Gasteiger charge is -2.36. The highest BCUT2D eigenvalue weighted by Gasteiger charge is 2.25. The largest absolute Gasteiger partial charge is 0.367 e. The third-order valence-electron chi connectivity index (χ3n) is 6.61. The summed E-state index contributed by atoms with van der Waals surface area (Å²) in [6.45, 7) is 13.2. The number of amides is 1. The zero-order valence-electron chi connectivity index (χ0n) is 20.8. The van der Waals surface area contributed by atoms with Crippen LogP contribution in [0, 0.1) is 0 Å². The third-order valence-corrected chi connectivity index (χ3v) is 8.65. The van der Waals surface area contributed by atoms with Crippen molar-refractivity contribution >= 4 is 27.3 Å². The molecule has 0 bridgehead atoms. The van der Waals surface area contributed by atoms with Gasteiger partial charge in [0.05, 0.1) is 16.3 Å². The number of sulfonamides is 1. The monoisotopic (exact) mass is 486 g/mol. The molecule has 0 spiro atoms. The van der Waals surface area contributed by atoms with Gasteiger partial charge in [0.25, 0.3) is 0 Å². The lowest BCUT2D eigenvalue weighted by atomic mass is 9.97. The van der Waals surface area contributed by atoms with E-state index in [2.05, 4.69) is 22.0 Å². The van der Waals surface area contributed by atoms with Gasteiger partial charge in [-0.25, -0.2) is 8.42 Å². The smallest absolute Gasteiger partial charge is 0.243 e. The highest BCUT2D eigenvalue weighted by Crippen LogP contribution is 2.32. The predicted molar refractivity (Wildman–Crippen MR) is 139 cm³/mol. The molecule has 1 fully saturated rings. The predicted octanol–water partition coefficient (Wildman–Crippen LogP) is 3.99. The van der Waals surface area contributed by atoms with Crippen LogP contribution in [0.2, 0.25) is 0 Å². The van der Waals surface area contributed by atoms with Crippen molar-refractivity contribution in [3.8, 4) is 0 Å². The average molecular weight is 487 g/mol. The number of piperazine rings is 1. The van der Waals surface area contributed by atoms with E-state index in [0.29, 0.717) is 25.2 Å². The van der Waals surface area contributed by atoms with E-state index in [0.717, 1.165) is 44.0 Å². The zero-order valence-corrected chi connectivity index (χ0v) is 21.6. The Hall–Kier alpha value is -2.42. The van der Waals surface area contributed by atoms with Crippen LogP contribution in [-0.4, -0.2) is 69.3 Å². The molecule has 0 aromatic heterocycles. The normalized spacial score (nSPS) is 16.0. The minimum Gasteiger partial charge on any atom is -0.367 e. The molecule has 1 saturated heterocycles. The number of carbonyl (C=O) groups excluding carboxylic acids is 1. The highest BCUT2D eigenvalue weighted by molar-refractivity contribution is 7.89. The van der Waals surface area contributed by atoms with Gasteiger partial charge in [-0.05, 0) is 36.2 Å². The number of carbonyl (C=O) groups is 1. The van der Waals surface area contributed by atoms with Gasteiger partial charge in [-0.15, -0.1) is 0 Å². The zero-order chi connectivity index (χ0) is 24.7. The van der Waals surface area contributed by atoms with Crippen molar-refractivity contribution in [3.05, 3.63) is 54.1 Å². The summed E-state index contributed by atoms with van der Waals surface area (Å²) in [7, 11) is -3.63. The first-order valence-electron chi connectivity index (χ1n) is 12.3. The van der Waals surface area contributed by atoms with Crippen molar-refractivity contribution in [2.45, 2.75) is 44.9 Å². The van der Waals surface area contributed by atoms with E-state index in [1.165, 1.54) is 4.31 Å². The van der Waals surface area contributed by atoms with Crippen LogP contribution in [0.5, 0.6) is 0 Å². The summed E-state index contributed by atoms with van der Waals surface area (Å²) in [6, 6.07) is 15.1. The Morgan fingerprint density at radius 3 is 2.24 bits per heavy atom.